The topological polar surface area (TPSA) is 150 Å². The monoisotopic (exact) mass is 737 g/mol. The van der Waals surface area contributed by atoms with E-state index in [2.05, 4.69) is 26.3 Å². The van der Waals surface area contributed by atoms with Gasteiger partial charge >= 0.3 is 18.4 Å². The van der Waals surface area contributed by atoms with Gasteiger partial charge in [-0.05, 0) is 78.5 Å². The summed E-state index contributed by atoms with van der Waals surface area (Å²) in [5, 5.41) is 11.0. The van der Waals surface area contributed by atoms with E-state index < -0.39 is 60.1 Å². The predicted molar refractivity (Wildman–Crippen MR) is 187 cm³/mol. The Morgan fingerprint density at radius 2 is 1.73 bits per heavy atom. The predicted octanol–water partition coefficient (Wildman–Crippen LogP) is 6.80. The van der Waals surface area contributed by atoms with Gasteiger partial charge in [-0.25, -0.2) is 14.0 Å². The zero-order valence-corrected chi connectivity index (χ0v) is 30.2. The van der Waals surface area contributed by atoms with Crippen LogP contribution in [-0.2, 0) is 9.47 Å². The van der Waals surface area contributed by atoms with E-state index in [1.165, 1.54) is 23.4 Å². The molecule has 2 aromatic rings. The van der Waals surface area contributed by atoms with Crippen molar-refractivity contribution in [2.24, 2.45) is 5.92 Å². The maximum Gasteiger partial charge on any atom is 0.414 e. The van der Waals surface area contributed by atoms with E-state index in [4.69, 9.17) is 13.9 Å². The van der Waals surface area contributed by atoms with Gasteiger partial charge in [-0.2, -0.15) is 13.2 Å². The average molecular weight is 738 g/mol. The molecule has 5 rings (SSSR count). The summed E-state index contributed by atoms with van der Waals surface area (Å²) in [5.74, 6) is -2.47. The van der Waals surface area contributed by atoms with E-state index in [0.717, 1.165) is 5.57 Å². The highest BCUT2D eigenvalue weighted by Gasteiger charge is 2.45. The van der Waals surface area contributed by atoms with E-state index >= 15 is 0 Å². The number of hydrogen-bond donors (Lipinski definition) is 4. The molecule has 0 aromatic carbocycles. The molecule has 0 aliphatic carbocycles. The first-order chi connectivity index (χ1) is 24.2. The molecule has 52 heavy (non-hydrogen) atoms. The Morgan fingerprint density at radius 3 is 2.38 bits per heavy atom. The molecule has 3 amide bonds. The number of aromatic nitrogens is 1. The van der Waals surface area contributed by atoms with Gasteiger partial charge in [0, 0.05) is 45.5 Å². The summed E-state index contributed by atoms with van der Waals surface area (Å²) in [6.07, 6.45) is -1.90. The van der Waals surface area contributed by atoms with Crippen LogP contribution < -0.4 is 26.2 Å². The summed E-state index contributed by atoms with van der Waals surface area (Å²) in [6.45, 7) is 11.6. The average Bonchev–Trinajstić information content (AvgIpc) is 3.59. The third-order valence-corrected chi connectivity index (χ3v) is 8.59. The molecule has 3 aliphatic rings. The highest BCUT2D eigenvalue weighted by Crippen LogP contribution is 2.40. The number of rotatable bonds is 8. The van der Waals surface area contributed by atoms with E-state index in [-0.39, 0.29) is 41.5 Å². The minimum Gasteiger partial charge on any atom is -0.444 e. The van der Waals surface area contributed by atoms with Crippen molar-refractivity contribution < 1.29 is 45.8 Å². The Balaban J connectivity index is 1.41. The molecule has 3 atom stereocenters. The van der Waals surface area contributed by atoms with E-state index in [0.29, 0.717) is 44.7 Å². The Labute approximate surface area is 299 Å². The lowest BCUT2D eigenvalue weighted by atomic mass is 9.93. The molecule has 0 bridgehead atoms. The van der Waals surface area contributed by atoms with Crippen molar-refractivity contribution in [2.45, 2.75) is 90.4 Å². The Hall–Kier alpha value is -4.54. The SMILES string of the molecule is CC(C)(C)OC(=O)Nc1oc2c(c1C(=O)Nc1cnccc1N1C[C@@H](NC(=O)OC(C)(C)C)C[C@@H](C(F)(F)F)C1)NCC(CCN1CC[C@@H](F)C1)=C2. The van der Waals surface area contributed by atoms with E-state index in [9.17, 15) is 31.9 Å². The lowest BCUT2D eigenvalue weighted by Crippen LogP contribution is -2.54. The Bertz CT molecular complexity index is 1670. The Morgan fingerprint density at radius 1 is 1.02 bits per heavy atom. The minimum absolute atomic E-state index is 0.0101. The maximum absolute atomic E-state index is 14.2. The fraction of sp³-hybridized carbons (Fsp3) is 0.600. The fourth-order valence-electron chi connectivity index (χ4n) is 6.37. The van der Waals surface area contributed by atoms with Crippen LogP contribution in [0.25, 0.3) is 6.08 Å². The standard InChI is InChI=1S/C35H47F4N7O6/c1-33(2,3)51-31(48)42-23-14-21(35(37,38)39)17-46(19-23)25-7-10-40-16-24(25)43-29(47)27-28-26(50-30(27)44-32(49)52-34(4,5)6)13-20(15-41-28)8-11-45-12-9-22(36)18-45/h7,10,13,16,21-23,41H,8-9,11-12,14-15,17-19H2,1-6H3,(H,42,48)(H,43,47)(H,44,49)/t21-,22-,23+/m1/s1. The van der Waals surface area contributed by atoms with Crippen molar-refractivity contribution in [3.63, 3.8) is 0 Å². The van der Waals surface area contributed by atoms with Crippen molar-refractivity contribution in [1.29, 1.82) is 0 Å². The van der Waals surface area contributed by atoms with Gasteiger partial charge in [0.1, 0.15) is 22.9 Å². The van der Waals surface area contributed by atoms with Crippen molar-refractivity contribution in [1.82, 2.24) is 15.2 Å². The van der Waals surface area contributed by atoms with Crippen LogP contribution in [0.3, 0.4) is 0 Å². The molecular weight excluding hydrogens is 690 g/mol. The highest BCUT2D eigenvalue weighted by molar-refractivity contribution is 6.14. The number of carbonyl (C=O) groups excluding carboxylic acids is 3. The molecule has 2 aromatic heterocycles. The van der Waals surface area contributed by atoms with Gasteiger partial charge in [0.05, 0.1) is 35.2 Å². The molecule has 286 valence electrons. The molecule has 13 nitrogen and oxygen atoms in total. The first kappa shape index (κ1) is 38.7. The number of fused-ring (bicyclic) bond motifs is 1. The first-order valence-electron chi connectivity index (χ1n) is 17.3. The fourth-order valence-corrected chi connectivity index (χ4v) is 6.37. The van der Waals surface area contributed by atoms with Crippen LogP contribution in [0.4, 0.5) is 50.1 Å². The molecule has 5 heterocycles. The van der Waals surface area contributed by atoms with Crippen LogP contribution in [0.5, 0.6) is 0 Å². The van der Waals surface area contributed by atoms with Crippen LogP contribution in [0, 0.1) is 5.92 Å². The number of furan rings is 1. The highest BCUT2D eigenvalue weighted by atomic mass is 19.4. The number of likely N-dealkylation sites (tertiary alicyclic amines) is 1. The number of nitrogens with zero attached hydrogens (tertiary/aromatic N) is 3. The van der Waals surface area contributed by atoms with E-state index in [1.54, 1.807) is 47.6 Å². The molecule has 0 unspecified atom stereocenters. The van der Waals surface area contributed by atoms with Gasteiger partial charge in [-0.1, -0.05) is 0 Å². The lowest BCUT2D eigenvalue weighted by Gasteiger charge is -2.40. The van der Waals surface area contributed by atoms with Crippen LogP contribution in [-0.4, -0.2) is 96.8 Å². The molecule has 0 saturated carbocycles. The van der Waals surface area contributed by atoms with Gasteiger partial charge in [0.2, 0.25) is 5.88 Å². The molecule has 17 heteroatoms. The number of alkyl halides is 4. The van der Waals surface area contributed by atoms with Crippen LogP contribution >= 0.6 is 0 Å². The van der Waals surface area contributed by atoms with Gasteiger partial charge in [-0.3, -0.25) is 15.1 Å². The molecule has 2 saturated heterocycles. The summed E-state index contributed by atoms with van der Waals surface area (Å²) < 4.78 is 72.8. The molecule has 2 fully saturated rings. The lowest BCUT2D eigenvalue weighted by molar-refractivity contribution is -0.177. The minimum atomic E-state index is -4.57. The Kier molecular flexibility index (Phi) is 11.3. The normalized spacial score (nSPS) is 21.1. The van der Waals surface area contributed by atoms with E-state index in [1.807, 2.05) is 4.90 Å². The summed E-state index contributed by atoms with van der Waals surface area (Å²) in [4.78, 5) is 47.0. The molecule has 0 radical (unpaired) electrons. The summed E-state index contributed by atoms with van der Waals surface area (Å²) in [7, 11) is 0. The number of halogens is 4. The maximum atomic E-state index is 14.2. The molecular formula is C35H47F4N7O6. The van der Waals surface area contributed by atoms with Gasteiger partial charge in [0.15, 0.2) is 5.76 Å². The quantitative estimate of drug-likeness (QED) is 0.213. The molecule has 0 spiro atoms. The second kappa shape index (κ2) is 15.2. The van der Waals surface area contributed by atoms with Crippen LogP contribution in [0.1, 0.15) is 76.9 Å². The largest absolute Gasteiger partial charge is 0.444 e. The third kappa shape index (κ3) is 10.3. The van der Waals surface area contributed by atoms with Gasteiger partial charge in [0.25, 0.3) is 5.91 Å². The van der Waals surface area contributed by atoms with Crippen molar-refractivity contribution in [3.8, 4) is 0 Å². The second-order valence-corrected chi connectivity index (χ2v) is 15.3. The summed E-state index contributed by atoms with van der Waals surface area (Å²) >= 11 is 0. The van der Waals surface area contributed by atoms with Gasteiger partial charge in [-0.15, -0.1) is 0 Å². The van der Waals surface area contributed by atoms with Gasteiger partial charge < -0.3 is 39.6 Å². The van der Waals surface area contributed by atoms with Crippen LogP contribution in [0.2, 0.25) is 0 Å². The number of ether oxygens (including phenoxy) is 2. The van der Waals surface area contributed by atoms with Crippen molar-refractivity contribution in [3.05, 3.63) is 35.4 Å². The summed E-state index contributed by atoms with van der Waals surface area (Å²) in [6, 6.07) is 0.550. The number of nitrogens with one attached hydrogen (secondary N) is 4. The number of pyridine rings is 1. The zero-order chi connectivity index (χ0) is 38.0. The number of carbonyl (C=O) groups is 3. The first-order valence-corrected chi connectivity index (χ1v) is 17.3. The number of anilines is 4. The molecule has 4 N–H and O–H groups in total. The number of piperidine rings is 1. The third-order valence-electron chi connectivity index (χ3n) is 8.59. The zero-order valence-electron chi connectivity index (χ0n) is 30.2. The van der Waals surface area contributed by atoms with Crippen molar-refractivity contribution >= 4 is 47.1 Å². The number of hydrogen-bond acceptors (Lipinski definition) is 10. The second-order valence-electron chi connectivity index (χ2n) is 15.3. The van der Waals surface area contributed by atoms with Crippen molar-refractivity contribution in [2.75, 3.05) is 60.1 Å². The summed E-state index contributed by atoms with van der Waals surface area (Å²) in [5.41, 5.74) is -0.224. The number of alkyl carbamates (subject to hydrolysis) is 1. The molecule has 3 aliphatic heterocycles. The smallest absolute Gasteiger partial charge is 0.414 e. The van der Waals surface area contributed by atoms with Crippen LogP contribution in [0.15, 0.2) is 28.5 Å². The number of amides is 3.